The average molecular weight is 329 g/mol. The number of methoxy groups -OCH3 is 2. The Hall–Kier alpha value is -2.40. The summed E-state index contributed by atoms with van der Waals surface area (Å²) in [6.45, 7) is 3.87. The van der Waals surface area contributed by atoms with Crippen molar-refractivity contribution >= 4 is 0 Å². The molecule has 3 rings (SSSR count). The molecule has 5 nitrogen and oxygen atoms in total. The molecule has 0 radical (unpaired) electrons. The van der Waals surface area contributed by atoms with Crippen LogP contribution in [0.3, 0.4) is 0 Å². The van der Waals surface area contributed by atoms with Gasteiger partial charge in [0.2, 0.25) is 6.79 Å². The Morgan fingerprint density at radius 3 is 2.67 bits per heavy atom. The predicted molar refractivity (Wildman–Crippen MR) is 92.3 cm³/mol. The standard InChI is InChI=1S/C19H23NO4/c1-13-9-18(22-3)14(10-17(13)21-2)7-8-20-11-15-5-4-6-16-19(15)24-12-23-16/h4-6,9-10,20H,7-8,11-12H2,1-3H3. The molecule has 0 aromatic heterocycles. The number of rotatable bonds is 7. The molecule has 0 amide bonds. The van der Waals surface area contributed by atoms with Gasteiger partial charge in [0, 0.05) is 12.1 Å². The van der Waals surface area contributed by atoms with E-state index in [1.165, 1.54) is 0 Å². The van der Waals surface area contributed by atoms with Crippen LogP contribution in [0.4, 0.5) is 0 Å². The molecule has 1 heterocycles. The van der Waals surface area contributed by atoms with Crippen molar-refractivity contribution in [3.8, 4) is 23.0 Å². The van der Waals surface area contributed by atoms with Crippen LogP contribution in [0.5, 0.6) is 23.0 Å². The monoisotopic (exact) mass is 329 g/mol. The van der Waals surface area contributed by atoms with Gasteiger partial charge in [0.1, 0.15) is 11.5 Å². The summed E-state index contributed by atoms with van der Waals surface area (Å²) in [5.74, 6) is 3.45. The van der Waals surface area contributed by atoms with Crippen LogP contribution in [-0.2, 0) is 13.0 Å². The molecule has 5 heteroatoms. The lowest BCUT2D eigenvalue weighted by molar-refractivity contribution is 0.173. The van der Waals surface area contributed by atoms with Crippen molar-refractivity contribution < 1.29 is 18.9 Å². The zero-order chi connectivity index (χ0) is 16.9. The molecule has 1 aliphatic rings. The fourth-order valence-electron chi connectivity index (χ4n) is 2.88. The molecule has 0 atom stereocenters. The molecule has 128 valence electrons. The van der Waals surface area contributed by atoms with Crippen LogP contribution < -0.4 is 24.3 Å². The summed E-state index contributed by atoms with van der Waals surface area (Å²) in [5, 5.41) is 3.45. The third-order valence-electron chi connectivity index (χ3n) is 4.16. The Bertz CT molecular complexity index is 715. The summed E-state index contributed by atoms with van der Waals surface area (Å²) < 4.78 is 21.8. The first kappa shape index (κ1) is 16.5. The van der Waals surface area contributed by atoms with Crippen LogP contribution in [0.1, 0.15) is 16.7 Å². The highest BCUT2D eigenvalue weighted by atomic mass is 16.7. The van der Waals surface area contributed by atoms with Crippen molar-refractivity contribution in [2.75, 3.05) is 27.6 Å². The van der Waals surface area contributed by atoms with Gasteiger partial charge >= 0.3 is 0 Å². The van der Waals surface area contributed by atoms with E-state index in [4.69, 9.17) is 18.9 Å². The van der Waals surface area contributed by atoms with Crippen LogP contribution in [0.15, 0.2) is 30.3 Å². The van der Waals surface area contributed by atoms with Gasteiger partial charge in [-0.15, -0.1) is 0 Å². The second-order valence-electron chi connectivity index (χ2n) is 5.71. The largest absolute Gasteiger partial charge is 0.496 e. The third-order valence-corrected chi connectivity index (χ3v) is 4.16. The topological polar surface area (TPSA) is 49.0 Å². The second kappa shape index (κ2) is 7.45. The van der Waals surface area contributed by atoms with E-state index >= 15 is 0 Å². The second-order valence-corrected chi connectivity index (χ2v) is 5.71. The number of hydrogen-bond acceptors (Lipinski definition) is 5. The highest BCUT2D eigenvalue weighted by Crippen LogP contribution is 2.35. The predicted octanol–water partition coefficient (Wildman–Crippen LogP) is 3.07. The van der Waals surface area contributed by atoms with Gasteiger partial charge in [-0.05, 0) is 49.2 Å². The molecule has 0 saturated carbocycles. The van der Waals surface area contributed by atoms with Gasteiger partial charge in [0.05, 0.1) is 14.2 Å². The van der Waals surface area contributed by atoms with E-state index in [0.717, 1.165) is 59.2 Å². The van der Waals surface area contributed by atoms with Gasteiger partial charge in [-0.25, -0.2) is 0 Å². The van der Waals surface area contributed by atoms with Gasteiger partial charge in [-0.3, -0.25) is 0 Å². The Morgan fingerprint density at radius 1 is 1.04 bits per heavy atom. The number of fused-ring (bicyclic) bond motifs is 1. The molecule has 1 N–H and O–H groups in total. The minimum Gasteiger partial charge on any atom is -0.496 e. The normalized spacial score (nSPS) is 12.3. The third kappa shape index (κ3) is 3.41. The zero-order valence-electron chi connectivity index (χ0n) is 14.3. The maximum atomic E-state index is 5.53. The van der Waals surface area contributed by atoms with Crippen molar-refractivity contribution in [2.45, 2.75) is 19.9 Å². The molecular formula is C19H23NO4. The highest BCUT2D eigenvalue weighted by molar-refractivity contribution is 5.48. The maximum Gasteiger partial charge on any atom is 0.231 e. The molecule has 0 fully saturated rings. The van der Waals surface area contributed by atoms with Crippen molar-refractivity contribution in [1.29, 1.82) is 0 Å². The van der Waals surface area contributed by atoms with Gasteiger partial charge < -0.3 is 24.3 Å². The minimum absolute atomic E-state index is 0.298. The Kier molecular flexibility index (Phi) is 5.11. The number of benzene rings is 2. The smallest absolute Gasteiger partial charge is 0.231 e. The molecule has 0 unspecified atom stereocenters. The molecule has 24 heavy (non-hydrogen) atoms. The SMILES string of the molecule is COc1cc(CCNCc2cccc3c2OCO3)c(OC)cc1C. The van der Waals surface area contributed by atoms with Crippen molar-refractivity contribution in [1.82, 2.24) is 5.32 Å². The summed E-state index contributed by atoms with van der Waals surface area (Å²) in [5.41, 5.74) is 3.31. The van der Waals surface area contributed by atoms with Crippen LogP contribution in [0, 0.1) is 6.92 Å². The lowest BCUT2D eigenvalue weighted by Crippen LogP contribution is -2.17. The number of para-hydroxylation sites is 1. The Labute approximate surface area is 142 Å². The molecule has 0 aliphatic carbocycles. The van der Waals surface area contributed by atoms with Gasteiger partial charge in [-0.1, -0.05) is 12.1 Å². The van der Waals surface area contributed by atoms with Gasteiger partial charge in [0.15, 0.2) is 11.5 Å². The van der Waals surface area contributed by atoms with E-state index in [1.807, 2.05) is 31.2 Å². The quantitative estimate of drug-likeness (QED) is 0.791. The summed E-state index contributed by atoms with van der Waals surface area (Å²) in [7, 11) is 3.39. The number of aryl methyl sites for hydroxylation is 1. The van der Waals surface area contributed by atoms with Crippen LogP contribution in [-0.4, -0.2) is 27.6 Å². The van der Waals surface area contributed by atoms with Crippen molar-refractivity contribution in [2.24, 2.45) is 0 Å². The number of nitrogens with one attached hydrogen (secondary N) is 1. The fourth-order valence-corrected chi connectivity index (χ4v) is 2.88. The van der Waals surface area contributed by atoms with E-state index in [1.54, 1.807) is 14.2 Å². The molecule has 2 aromatic rings. The molecule has 0 saturated heterocycles. The van der Waals surface area contributed by atoms with Gasteiger partial charge in [-0.2, -0.15) is 0 Å². The Morgan fingerprint density at radius 2 is 1.88 bits per heavy atom. The van der Waals surface area contributed by atoms with Crippen molar-refractivity contribution in [3.05, 3.63) is 47.0 Å². The van der Waals surface area contributed by atoms with E-state index in [9.17, 15) is 0 Å². The Balaban J connectivity index is 1.60. The molecule has 0 spiro atoms. The van der Waals surface area contributed by atoms with Crippen LogP contribution >= 0.6 is 0 Å². The van der Waals surface area contributed by atoms with E-state index in [2.05, 4.69) is 11.4 Å². The van der Waals surface area contributed by atoms with E-state index < -0.39 is 0 Å². The average Bonchev–Trinajstić information content (AvgIpc) is 3.08. The summed E-state index contributed by atoms with van der Waals surface area (Å²) >= 11 is 0. The highest BCUT2D eigenvalue weighted by Gasteiger charge is 2.16. The lowest BCUT2D eigenvalue weighted by Gasteiger charge is -2.13. The summed E-state index contributed by atoms with van der Waals surface area (Å²) in [6, 6.07) is 10.0. The molecule has 2 aromatic carbocycles. The molecule has 0 bridgehead atoms. The summed E-state index contributed by atoms with van der Waals surface area (Å²) in [6.07, 6.45) is 0.853. The number of ether oxygens (including phenoxy) is 4. The maximum absolute atomic E-state index is 5.53. The van der Waals surface area contributed by atoms with Crippen LogP contribution in [0.25, 0.3) is 0 Å². The van der Waals surface area contributed by atoms with E-state index in [0.29, 0.717) is 6.79 Å². The number of hydrogen-bond donors (Lipinski definition) is 1. The summed E-state index contributed by atoms with van der Waals surface area (Å²) in [4.78, 5) is 0. The van der Waals surface area contributed by atoms with Gasteiger partial charge in [0.25, 0.3) is 0 Å². The molecule has 1 aliphatic heterocycles. The first-order valence-corrected chi connectivity index (χ1v) is 8.02. The first-order chi connectivity index (χ1) is 11.7. The fraction of sp³-hybridized carbons (Fsp3) is 0.368. The first-order valence-electron chi connectivity index (χ1n) is 8.02. The van der Waals surface area contributed by atoms with E-state index in [-0.39, 0.29) is 0 Å². The zero-order valence-corrected chi connectivity index (χ0v) is 14.3. The van der Waals surface area contributed by atoms with Crippen molar-refractivity contribution in [3.63, 3.8) is 0 Å². The lowest BCUT2D eigenvalue weighted by atomic mass is 10.1. The minimum atomic E-state index is 0.298. The van der Waals surface area contributed by atoms with Crippen LogP contribution in [0.2, 0.25) is 0 Å². The molecular weight excluding hydrogens is 306 g/mol.